The summed E-state index contributed by atoms with van der Waals surface area (Å²) in [6.45, 7) is 4.37. The molecule has 12 heteroatoms. The third-order valence-electron chi connectivity index (χ3n) is 7.40. The van der Waals surface area contributed by atoms with E-state index >= 15 is 0 Å². The summed E-state index contributed by atoms with van der Waals surface area (Å²) in [5, 5.41) is 12.9. The molecule has 4 amide bonds. The Balaban J connectivity index is 1.50. The second-order valence-electron chi connectivity index (χ2n) is 11.4. The van der Waals surface area contributed by atoms with Gasteiger partial charge in [-0.2, -0.15) is 0 Å². The Labute approximate surface area is 266 Å². The maximum Gasteiger partial charge on any atom is 0.408 e. The van der Waals surface area contributed by atoms with Crippen molar-refractivity contribution in [2.24, 2.45) is 11.8 Å². The fourth-order valence-electron chi connectivity index (χ4n) is 5.09. The summed E-state index contributed by atoms with van der Waals surface area (Å²) in [6, 6.07) is 15.2. The summed E-state index contributed by atoms with van der Waals surface area (Å²) < 4.78 is 5.34. The molecule has 2 aromatic carbocycles. The normalized spacial score (nSPS) is 16.2. The molecule has 11 nitrogen and oxygen atoms in total. The van der Waals surface area contributed by atoms with E-state index in [2.05, 4.69) is 26.3 Å². The fraction of sp³-hybridized carbons (Fsp3) is 0.394. The van der Waals surface area contributed by atoms with Crippen LogP contribution in [0.15, 0.2) is 72.2 Å². The van der Waals surface area contributed by atoms with Gasteiger partial charge < -0.3 is 26.0 Å². The van der Waals surface area contributed by atoms with Gasteiger partial charge in [-0.05, 0) is 36.3 Å². The minimum absolute atomic E-state index is 0.0365. The molecule has 0 aliphatic carbocycles. The van der Waals surface area contributed by atoms with Crippen molar-refractivity contribution in [1.29, 1.82) is 0 Å². The molecular formula is C33H39N5O6S. The van der Waals surface area contributed by atoms with E-state index in [0.717, 1.165) is 22.5 Å². The van der Waals surface area contributed by atoms with Crippen LogP contribution in [0.4, 0.5) is 4.79 Å². The Hall–Kier alpha value is -4.58. The molecule has 0 unspecified atom stereocenters. The summed E-state index contributed by atoms with van der Waals surface area (Å²) in [6.07, 6.45) is 1.83. The number of rotatable bonds is 15. The Bertz CT molecular complexity index is 1430. The molecule has 1 saturated heterocycles. The molecule has 4 atom stereocenters. The molecule has 0 bridgehead atoms. The van der Waals surface area contributed by atoms with Crippen molar-refractivity contribution in [2.75, 3.05) is 6.54 Å². The van der Waals surface area contributed by atoms with Crippen molar-refractivity contribution < 1.29 is 28.7 Å². The van der Waals surface area contributed by atoms with Crippen LogP contribution in [0, 0.1) is 11.8 Å². The molecule has 1 fully saturated rings. The van der Waals surface area contributed by atoms with Crippen molar-refractivity contribution in [2.45, 2.75) is 64.3 Å². The maximum atomic E-state index is 13.8. The quantitative estimate of drug-likeness (QED) is 0.187. The topological polar surface area (TPSA) is 156 Å². The van der Waals surface area contributed by atoms with Crippen LogP contribution in [0.2, 0.25) is 0 Å². The smallest absolute Gasteiger partial charge is 0.408 e. The summed E-state index contributed by atoms with van der Waals surface area (Å²) in [7, 11) is 0. The van der Waals surface area contributed by atoms with Crippen LogP contribution in [0.25, 0.3) is 0 Å². The number of alkyl carbamates (subject to hydrolysis) is 1. The van der Waals surface area contributed by atoms with Crippen LogP contribution in [0.5, 0.6) is 0 Å². The van der Waals surface area contributed by atoms with Gasteiger partial charge in [0.2, 0.25) is 23.5 Å². The highest BCUT2D eigenvalue weighted by Crippen LogP contribution is 2.20. The maximum absolute atomic E-state index is 13.8. The summed E-state index contributed by atoms with van der Waals surface area (Å²) in [5.41, 5.74) is 1.58. The average Bonchev–Trinajstić information content (AvgIpc) is 3.72. The molecule has 3 aromatic rings. The first kappa shape index (κ1) is 33.3. The minimum Gasteiger partial charge on any atom is -0.445 e. The molecule has 0 radical (unpaired) electrons. The number of amides is 4. The highest BCUT2D eigenvalue weighted by Gasteiger charge is 2.35. The van der Waals surface area contributed by atoms with Gasteiger partial charge in [-0.25, -0.2) is 9.78 Å². The van der Waals surface area contributed by atoms with E-state index < -0.39 is 47.7 Å². The number of carbonyl (C=O) groups excluding carboxylic acids is 5. The number of nitrogens with zero attached hydrogens (tertiary/aromatic N) is 1. The van der Waals surface area contributed by atoms with Crippen molar-refractivity contribution in [1.82, 2.24) is 26.3 Å². The Morgan fingerprint density at radius 3 is 2.16 bits per heavy atom. The lowest BCUT2D eigenvalue weighted by molar-refractivity contribution is -0.130. The number of ether oxygens (including phenoxy) is 1. The molecule has 4 N–H and O–H groups in total. The van der Waals surface area contributed by atoms with E-state index in [-0.39, 0.29) is 36.3 Å². The molecule has 1 aliphatic heterocycles. The number of benzene rings is 2. The van der Waals surface area contributed by atoms with Crippen LogP contribution in [-0.2, 0) is 32.1 Å². The zero-order valence-corrected chi connectivity index (χ0v) is 26.2. The van der Waals surface area contributed by atoms with Gasteiger partial charge in [0.1, 0.15) is 18.7 Å². The lowest BCUT2D eigenvalue weighted by Crippen LogP contribution is -2.57. The number of hydrogen-bond donors (Lipinski definition) is 4. The zero-order valence-electron chi connectivity index (χ0n) is 25.4. The Morgan fingerprint density at radius 2 is 1.56 bits per heavy atom. The third-order valence-corrected chi connectivity index (χ3v) is 8.19. The summed E-state index contributed by atoms with van der Waals surface area (Å²) in [4.78, 5) is 70.0. The van der Waals surface area contributed by atoms with E-state index in [9.17, 15) is 24.0 Å². The number of nitrogens with one attached hydrogen (secondary N) is 4. The van der Waals surface area contributed by atoms with E-state index in [1.54, 1.807) is 5.38 Å². The van der Waals surface area contributed by atoms with E-state index in [1.807, 2.05) is 74.5 Å². The van der Waals surface area contributed by atoms with Gasteiger partial charge >= 0.3 is 6.09 Å². The van der Waals surface area contributed by atoms with Gasteiger partial charge in [0.15, 0.2) is 5.01 Å². The van der Waals surface area contributed by atoms with Crippen LogP contribution < -0.4 is 21.3 Å². The van der Waals surface area contributed by atoms with Crippen molar-refractivity contribution in [3.05, 3.63) is 88.4 Å². The van der Waals surface area contributed by atoms with Crippen LogP contribution in [0.1, 0.15) is 54.0 Å². The first-order chi connectivity index (χ1) is 21.7. The van der Waals surface area contributed by atoms with E-state index in [0.29, 0.717) is 19.4 Å². The zero-order chi connectivity index (χ0) is 32.2. The van der Waals surface area contributed by atoms with Gasteiger partial charge in [-0.15, -0.1) is 11.3 Å². The largest absolute Gasteiger partial charge is 0.445 e. The lowest BCUT2D eigenvalue weighted by atomic mass is 9.95. The van der Waals surface area contributed by atoms with Gasteiger partial charge in [-0.3, -0.25) is 19.2 Å². The van der Waals surface area contributed by atoms with Crippen molar-refractivity contribution >= 4 is 40.9 Å². The summed E-state index contributed by atoms with van der Waals surface area (Å²) in [5.74, 6) is -2.12. The predicted octanol–water partition coefficient (Wildman–Crippen LogP) is 3.41. The van der Waals surface area contributed by atoms with Gasteiger partial charge in [0.25, 0.3) is 0 Å². The number of aromatic nitrogens is 1. The van der Waals surface area contributed by atoms with E-state index in [4.69, 9.17) is 4.74 Å². The Morgan fingerprint density at radius 1 is 0.911 bits per heavy atom. The van der Waals surface area contributed by atoms with Crippen LogP contribution in [0.3, 0.4) is 0 Å². The first-order valence-electron chi connectivity index (χ1n) is 15.0. The van der Waals surface area contributed by atoms with Crippen LogP contribution in [-0.4, -0.2) is 59.3 Å². The van der Waals surface area contributed by atoms with Gasteiger partial charge in [-0.1, -0.05) is 74.5 Å². The first-order valence-corrected chi connectivity index (χ1v) is 15.9. The van der Waals surface area contributed by atoms with Crippen LogP contribution >= 0.6 is 11.3 Å². The van der Waals surface area contributed by atoms with Crippen molar-refractivity contribution in [3.8, 4) is 0 Å². The molecule has 238 valence electrons. The standard InChI is InChI=1S/C33H39N5O6S/c1-21(2)17-26(38-33(43)44-20-23-11-7-4-8-12-23)30(41)37-27(18-22-9-5-3-6-10-22)31(42)36-25(19-24-13-14-34-29(24)40)28(39)32-35-15-16-45-32/h3-12,15-16,21,24-27H,13-14,17-20H2,1-2H3,(H,34,40)(H,36,42)(H,37,41)(H,38,43)/t24-,25-,26-,27-/m0/s1. The van der Waals surface area contributed by atoms with E-state index in [1.165, 1.54) is 6.20 Å². The van der Waals surface area contributed by atoms with Crippen molar-refractivity contribution in [3.63, 3.8) is 0 Å². The molecule has 4 rings (SSSR count). The number of Topliss-reactive ketones (excluding diaryl/α,β-unsaturated/α-hetero) is 1. The lowest BCUT2D eigenvalue weighted by Gasteiger charge is -2.26. The van der Waals surface area contributed by atoms with Gasteiger partial charge in [0, 0.05) is 30.5 Å². The third kappa shape index (κ3) is 10.2. The molecule has 1 aromatic heterocycles. The Kier molecular flexibility index (Phi) is 12.2. The molecule has 45 heavy (non-hydrogen) atoms. The molecule has 2 heterocycles. The SMILES string of the molecule is CC(C)C[C@H](NC(=O)OCc1ccccc1)C(=O)N[C@@H](Cc1ccccc1)C(=O)N[C@@H](C[C@@H]1CCNC1=O)C(=O)c1nccs1. The molecular weight excluding hydrogens is 594 g/mol. The fourth-order valence-corrected chi connectivity index (χ4v) is 5.72. The number of ketones is 1. The number of carbonyl (C=O) groups is 5. The highest BCUT2D eigenvalue weighted by molar-refractivity contribution is 7.11. The van der Waals surface area contributed by atoms with Gasteiger partial charge in [0.05, 0.1) is 6.04 Å². The summed E-state index contributed by atoms with van der Waals surface area (Å²) >= 11 is 1.15. The molecule has 0 saturated carbocycles. The number of hydrogen-bond acceptors (Lipinski definition) is 8. The highest BCUT2D eigenvalue weighted by atomic mass is 32.1. The second kappa shape index (κ2) is 16.5. The average molecular weight is 634 g/mol. The molecule has 0 spiro atoms. The second-order valence-corrected chi connectivity index (χ2v) is 12.3. The predicted molar refractivity (Wildman–Crippen MR) is 169 cm³/mol. The monoisotopic (exact) mass is 633 g/mol. The molecule has 1 aliphatic rings. The number of thiazole rings is 1. The minimum atomic E-state index is -1.08.